The molecule has 0 radical (unpaired) electrons. The van der Waals surface area contributed by atoms with Crippen LogP contribution in [0, 0.1) is 6.92 Å². The van der Waals surface area contributed by atoms with Gasteiger partial charge in [-0.2, -0.15) is 13.2 Å². The number of hydrogen-bond donors (Lipinski definition) is 1. The molecule has 0 bridgehead atoms. The van der Waals surface area contributed by atoms with Crippen molar-refractivity contribution in [1.82, 2.24) is 0 Å². The molecular formula is C16H25F3N2. The summed E-state index contributed by atoms with van der Waals surface area (Å²) < 4.78 is 38.1. The zero-order chi connectivity index (χ0) is 16.2. The average molecular weight is 302 g/mol. The molecule has 1 aromatic rings. The molecule has 0 fully saturated rings. The summed E-state index contributed by atoms with van der Waals surface area (Å²) in [4.78, 5) is 1.37. The van der Waals surface area contributed by atoms with E-state index < -0.39 is 12.7 Å². The number of nitrogens with zero attached hydrogens (tertiary/aromatic N) is 1. The summed E-state index contributed by atoms with van der Waals surface area (Å²) >= 11 is 0. The molecule has 0 aliphatic heterocycles. The predicted molar refractivity (Wildman–Crippen MR) is 81.7 cm³/mol. The first kappa shape index (κ1) is 17.8. The molecule has 0 aliphatic carbocycles. The number of alkyl halides is 3. The summed E-state index contributed by atoms with van der Waals surface area (Å²) in [6.07, 6.45) is -2.57. The van der Waals surface area contributed by atoms with Gasteiger partial charge in [0.05, 0.1) is 0 Å². The lowest BCUT2D eigenvalue weighted by Crippen LogP contribution is -2.39. The Labute approximate surface area is 125 Å². The third kappa shape index (κ3) is 5.58. The lowest BCUT2D eigenvalue weighted by molar-refractivity contribution is -0.120. The molecule has 0 spiro atoms. The maximum atomic E-state index is 12.7. The van der Waals surface area contributed by atoms with Crippen molar-refractivity contribution in [2.75, 3.05) is 11.4 Å². The number of anilines is 1. The summed E-state index contributed by atoms with van der Waals surface area (Å²) in [5, 5.41) is 0. The van der Waals surface area contributed by atoms with E-state index in [9.17, 15) is 13.2 Å². The van der Waals surface area contributed by atoms with Gasteiger partial charge in [0, 0.05) is 17.8 Å². The maximum absolute atomic E-state index is 12.7. The van der Waals surface area contributed by atoms with Crippen LogP contribution in [0.1, 0.15) is 38.3 Å². The highest BCUT2D eigenvalue weighted by atomic mass is 19.4. The quantitative estimate of drug-likeness (QED) is 0.859. The van der Waals surface area contributed by atoms with Crippen molar-refractivity contribution in [2.45, 2.75) is 58.8 Å². The van der Waals surface area contributed by atoms with Crippen molar-refractivity contribution >= 4 is 5.69 Å². The topological polar surface area (TPSA) is 29.3 Å². The fourth-order valence-electron chi connectivity index (χ4n) is 2.28. The van der Waals surface area contributed by atoms with Gasteiger partial charge in [-0.25, -0.2) is 0 Å². The zero-order valence-corrected chi connectivity index (χ0v) is 13.2. The lowest BCUT2D eigenvalue weighted by Gasteiger charge is -2.30. The van der Waals surface area contributed by atoms with E-state index in [4.69, 9.17) is 5.73 Å². The summed E-state index contributed by atoms with van der Waals surface area (Å²) in [6, 6.07) is 5.35. The van der Waals surface area contributed by atoms with Gasteiger partial charge in [0.15, 0.2) is 0 Å². The Bertz CT molecular complexity index is 455. The molecule has 1 unspecified atom stereocenters. The van der Waals surface area contributed by atoms with Crippen molar-refractivity contribution < 1.29 is 13.2 Å². The van der Waals surface area contributed by atoms with E-state index in [1.54, 1.807) is 19.9 Å². The van der Waals surface area contributed by atoms with Gasteiger partial charge in [0.25, 0.3) is 0 Å². The fraction of sp³-hybridized carbons (Fsp3) is 0.625. The predicted octanol–water partition coefficient (Wildman–Crippen LogP) is 4.05. The normalized spacial score (nSPS) is 13.6. The van der Waals surface area contributed by atoms with E-state index in [1.165, 1.54) is 4.90 Å². The molecule has 21 heavy (non-hydrogen) atoms. The van der Waals surface area contributed by atoms with Crippen LogP contribution < -0.4 is 10.6 Å². The van der Waals surface area contributed by atoms with Crippen molar-refractivity contribution in [3.05, 3.63) is 29.3 Å². The molecule has 0 amide bonds. The molecule has 0 heterocycles. The second-order valence-corrected chi connectivity index (χ2v) is 5.82. The summed E-state index contributed by atoms with van der Waals surface area (Å²) in [6.45, 7) is 6.55. The number of aryl methyl sites for hydroxylation is 1. The molecule has 1 atom stereocenters. The minimum Gasteiger partial charge on any atom is -0.360 e. The maximum Gasteiger partial charge on any atom is 0.405 e. The van der Waals surface area contributed by atoms with Gasteiger partial charge in [-0.05, 0) is 56.9 Å². The first-order chi connectivity index (χ1) is 9.64. The van der Waals surface area contributed by atoms with Gasteiger partial charge < -0.3 is 10.6 Å². The van der Waals surface area contributed by atoms with Gasteiger partial charge in [-0.1, -0.05) is 13.0 Å². The molecular weight excluding hydrogens is 277 g/mol. The number of halogens is 3. The Morgan fingerprint density at radius 3 is 2.29 bits per heavy atom. The second kappa shape index (κ2) is 7.16. The van der Waals surface area contributed by atoms with E-state index in [-0.39, 0.29) is 12.1 Å². The van der Waals surface area contributed by atoms with E-state index in [0.29, 0.717) is 5.69 Å². The Morgan fingerprint density at radius 1 is 1.24 bits per heavy atom. The molecule has 2 N–H and O–H groups in total. The summed E-state index contributed by atoms with van der Waals surface area (Å²) in [5.41, 5.74) is 8.64. The van der Waals surface area contributed by atoms with Crippen LogP contribution in [0.25, 0.3) is 0 Å². The highest BCUT2D eigenvalue weighted by Gasteiger charge is 2.32. The summed E-state index contributed by atoms with van der Waals surface area (Å²) in [5.74, 6) is 0. The fourth-order valence-corrected chi connectivity index (χ4v) is 2.28. The number of rotatable bonds is 6. The van der Waals surface area contributed by atoms with Crippen LogP contribution in [-0.2, 0) is 6.42 Å². The molecule has 120 valence electrons. The minimum atomic E-state index is -4.21. The standard InChI is InChI=1S/C16H25F3N2/c1-5-14(20)9-13-6-7-15(8-12(13)4)21(11(2)3)10-16(17,18)19/h6-8,11,14H,5,9-10,20H2,1-4H3. The molecule has 5 heteroatoms. The highest BCUT2D eigenvalue weighted by Crippen LogP contribution is 2.26. The van der Waals surface area contributed by atoms with Crippen LogP contribution in [0.5, 0.6) is 0 Å². The smallest absolute Gasteiger partial charge is 0.360 e. The van der Waals surface area contributed by atoms with Crippen LogP contribution in [0.3, 0.4) is 0 Å². The average Bonchev–Trinajstić information content (AvgIpc) is 2.37. The van der Waals surface area contributed by atoms with E-state index >= 15 is 0 Å². The van der Waals surface area contributed by atoms with Crippen LogP contribution in [0.4, 0.5) is 18.9 Å². The number of hydrogen-bond acceptors (Lipinski definition) is 2. The Hall–Kier alpha value is -1.23. The zero-order valence-electron chi connectivity index (χ0n) is 13.2. The first-order valence-electron chi connectivity index (χ1n) is 7.32. The molecule has 0 saturated heterocycles. The van der Waals surface area contributed by atoms with Crippen LogP contribution >= 0.6 is 0 Å². The van der Waals surface area contributed by atoms with Gasteiger partial charge in [-0.15, -0.1) is 0 Å². The Kier molecular flexibility index (Phi) is 6.08. The van der Waals surface area contributed by atoms with Crippen LogP contribution in [-0.4, -0.2) is 24.8 Å². The third-order valence-corrected chi connectivity index (χ3v) is 3.64. The van der Waals surface area contributed by atoms with Crippen molar-refractivity contribution in [1.29, 1.82) is 0 Å². The molecule has 1 rings (SSSR count). The van der Waals surface area contributed by atoms with Crippen molar-refractivity contribution in [2.24, 2.45) is 5.73 Å². The SMILES string of the molecule is CCC(N)Cc1ccc(N(CC(F)(F)F)C(C)C)cc1C. The Morgan fingerprint density at radius 2 is 1.86 bits per heavy atom. The number of nitrogens with two attached hydrogens (primary N) is 1. The minimum absolute atomic E-state index is 0.0888. The van der Waals surface area contributed by atoms with Crippen molar-refractivity contribution in [3.63, 3.8) is 0 Å². The first-order valence-corrected chi connectivity index (χ1v) is 7.32. The number of benzene rings is 1. The summed E-state index contributed by atoms with van der Waals surface area (Å²) in [7, 11) is 0. The van der Waals surface area contributed by atoms with Gasteiger partial charge in [-0.3, -0.25) is 0 Å². The second-order valence-electron chi connectivity index (χ2n) is 5.82. The van der Waals surface area contributed by atoms with E-state index in [1.807, 2.05) is 26.0 Å². The highest BCUT2D eigenvalue weighted by molar-refractivity contribution is 5.51. The van der Waals surface area contributed by atoms with Gasteiger partial charge >= 0.3 is 6.18 Å². The molecule has 2 nitrogen and oxygen atoms in total. The van der Waals surface area contributed by atoms with Crippen molar-refractivity contribution in [3.8, 4) is 0 Å². The lowest BCUT2D eigenvalue weighted by atomic mass is 9.99. The molecule has 0 aromatic heterocycles. The molecule has 1 aromatic carbocycles. The largest absolute Gasteiger partial charge is 0.405 e. The van der Waals surface area contributed by atoms with E-state index in [2.05, 4.69) is 0 Å². The van der Waals surface area contributed by atoms with E-state index in [0.717, 1.165) is 24.0 Å². The van der Waals surface area contributed by atoms with Crippen LogP contribution in [0.2, 0.25) is 0 Å². The molecule has 0 aliphatic rings. The Balaban J connectivity index is 2.99. The monoisotopic (exact) mass is 302 g/mol. The molecule has 0 saturated carbocycles. The van der Waals surface area contributed by atoms with Gasteiger partial charge in [0.1, 0.15) is 6.54 Å². The van der Waals surface area contributed by atoms with Crippen LogP contribution in [0.15, 0.2) is 18.2 Å². The van der Waals surface area contributed by atoms with Gasteiger partial charge in [0.2, 0.25) is 0 Å². The third-order valence-electron chi connectivity index (χ3n) is 3.64.